The van der Waals surface area contributed by atoms with Crippen LogP contribution < -0.4 is 31.1 Å². The molecule has 3 heterocycles. The smallest absolute Gasteiger partial charge is 0.275 e. The predicted octanol–water partition coefficient (Wildman–Crippen LogP) is 3.84. The maximum absolute atomic E-state index is 12.7. The van der Waals surface area contributed by atoms with Crippen molar-refractivity contribution < 1.29 is 4.74 Å². The molecule has 1 saturated heterocycles. The molecule has 0 unspecified atom stereocenters. The minimum absolute atomic E-state index is 0.312. The number of hydrogen-bond donors (Lipinski definition) is 4. The Bertz CT molecular complexity index is 1410. The van der Waals surface area contributed by atoms with E-state index in [1.807, 2.05) is 50.2 Å². The summed E-state index contributed by atoms with van der Waals surface area (Å²) in [6.07, 6.45) is 1.63. The van der Waals surface area contributed by atoms with E-state index in [4.69, 9.17) is 9.72 Å². The number of anilines is 5. The summed E-state index contributed by atoms with van der Waals surface area (Å²) >= 11 is 0. The number of aromatic nitrogens is 3. The Hall–Kier alpha value is -4.11. The molecule has 9 heteroatoms. The van der Waals surface area contributed by atoms with Crippen molar-refractivity contribution in [3.8, 4) is 5.75 Å². The largest absolute Gasteiger partial charge is 0.494 e. The molecule has 2 aromatic carbocycles. The highest BCUT2D eigenvalue weighted by Crippen LogP contribution is 2.34. The average molecular weight is 472 g/mol. The van der Waals surface area contributed by atoms with Gasteiger partial charge in [-0.05, 0) is 43.2 Å². The summed E-state index contributed by atoms with van der Waals surface area (Å²) in [4.78, 5) is 19.8. The van der Waals surface area contributed by atoms with Crippen LogP contribution in [0.3, 0.4) is 0 Å². The second-order valence-electron chi connectivity index (χ2n) is 8.66. The maximum atomic E-state index is 12.7. The van der Waals surface area contributed by atoms with Crippen LogP contribution in [0.1, 0.15) is 11.1 Å². The van der Waals surface area contributed by atoms with Crippen molar-refractivity contribution >= 4 is 39.5 Å². The average Bonchev–Trinajstić information content (AvgIpc) is 2.87. The van der Waals surface area contributed by atoms with Gasteiger partial charge in [-0.1, -0.05) is 18.2 Å². The van der Waals surface area contributed by atoms with Crippen molar-refractivity contribution in [1.29, 1.82) is 0 Å². The highest BCUT2D eigenvalue weighted by Gasteiger charge is 2.16. The molecule has 4 N–H and O–H groups in total. The summed E-state index contributed by atoms with van der Waals surface area (Å²) in [7, 11) is 1.64. The van der Waals surface area contributed by atoms with E-state index in [1.165, 1.54) is 0 Å². The van der Waals surface area contributed by atoms with E-state index >= 15 is 0 Å². The lowest BCUT2D eigenvalue weighted by Gasteiger charge is -2.30. The van der Waals surface area contributed by atoms with Crippen LogP contribution in [0.2, 0.25) is 0 Å². The Labute approximate surface area is 203 Å². The summed E-state index contributed by atoms with van der Waals surface area (Å²) < 4.78 is 5.70. The number of rotatable bonds is 6. The molecule has 0 bridgehead atoms. The molecule has 1 aliphatic rings. The molecule has 4 aromatic rings. The molecule has 9 nitrogen and oxygen atoms in total. The molecular weight excluding hydrogens is 442 g/mol. The molecular formula is C26H29N7O2. The number of nitrogens with zero attached hydrogens (tertiary/aromatic N) is 3. The number of aromatic amines is 1. The number of aryl methyl sites for hydroxylation is 2. The second-order valence-corrected chi connectivity index (χ2v) is 8.66. The normalized spacial score (nSPS) is 13.6. The van der Waals surface area contributed by atoms with Crippen molar-refractivity contribution in [3.63, 3.8) is 0 Å². The monoisotopic (exact) mass is 471 g/mol. The van der Waals surface area contributed by atoms with Crippen molar-refractivity contribution in [3.05, 3.63) is 70.1 Å². The first-order valence-electron chi connectivity index (χ1n) is 11.7. The summed E-state index contributed by atoms with van der Waals surface area (Å²) in [5.74, 6) is 1.71. The number of H-pyrrole nitrogens is 1. The number of methoxy groups -OCH3 is 1. The van der Waals surface area contributed by atoms with Gasteiger partial charge < -0.3 is 25.6 Å². The van der Waals surface area contributed by atoms with Gasteiger partial charge in [-0.3, -0.25) is 4.79 Å². The van der Waals surface area contributed by atoms with Gasteiger partial charge in [0.1, 0.15) is 17.4 Å². The molecule has 5 rings (SSSR count). The summed E-state index contributed by atoms with van der Waals surface area (Å²) in [6.45, 7) is 7.89. The fraction of sp³-hybridized carbons (Fsp3) is 0.269. The maximum Gasteiger partial charge on any atom is 0.275 e. The molecule has 1 fully saturated rings. The van der Waals surface area contributed by atoms with Crippen LogP contribution in [-0.4, -0.2) is 48.5 Å². The quantitative estimate of drug-likeness (QED) is 0.336. The van der Waals surface area contributed by atoms with Crippen LogP contribution in [0.4, 0.5) is 28.7 Å². The van der Waals surface area contributed by atoms with Crippen molar-refractivity contribution in [2.75, 3.05) is 48.8 Å². The van der Waals surface area contributed by atoms with Crippen molar-refractivity contribution in [2.24, 2.45) is 0 Å². The van der Waals surface area contributed by atoms with Gasteiger partial charge in [0, 0.05) is 49.0 Å². The topological polar surface area (TPSA) is 107 Å². The van der Waals surface area contributed by atoms with E-state index < -0.39 is 0 Å². The highest BCUT2D eigenvalue weighted by molar-refractivity contribution is 5.95. The number of piperazine rings is 1. The third kappa shape index (κ3) is 4.63. The van der Waals surface area contributed by atoms with Gasteiger partial charge >= 0.3 is 0 Å². The van der Waals surface area contributed by atoms with E-state index in [2.05, 4.69) is 37.1 Å². The standard InChI is InChI=1S/C26H29N7O2/c1-16-5-4-6-17(2)24(16)30-22-13-18-15-28-32-26(34)23(18)25(31-22)29-20-8-7-19(14-21(20)35-3)33-11-9-27-10-12-33/h4-8,13-15,27H,9-12H2,1-3H3,(H,32,34)(H2,29,30,31). The zero-order valence-corrected chi connectivity index (χ0v) is 20.1. The molecule has 0 spiro atoms. The lowest BCUT2D eigenvalue weighted by atomic mass is 10.1. The molecule has 0 amide bonds. The zero-order valence-electron chi connectivity index (χ0n) is 20.1. The van der Waals surface area contributed by atoms with E-state index in [0.717, 1.165) is 54.4 Å². The lowest BCUT2D eigenvalue weighted by Crippen LogP contribution is -2.43. The van der Waals surface area contributed by atoms with E-state index in [-0.39, 0.29) is 5.56 Å². The third-order valence-electron chi connectivity index (χ3n) is 6.30. The zero-order chi connectivity index (χ0) is 24.4. The van der Waals surface area contributed by atoms with Gasteiger partial charge in [-0.25, -0.2) is 10.1 Å². The molecule has 0 radical (unpaired) electrons. The third-order valence-corrected chi connectivity index (χ3v) is 6.30. The van der Waals surface area contributed by atoms with Crippen LogP contribution >= 0.6 is 0 Å². The van der Waals surface area contributed by atoms with Crippen molar-refractivity contribution in [2.45, 2.75) is 13.8 Å². The van der Waals surface area contributed by atoms with Gasteiger partial charge in [0.25, 0.3) is 5.56 Å². The summed E-state index contributed by atoms with van der Waals surface area (Å²) in [6, 6.07) is 14.0. The first kappa shape index (κ1) is 22.7. The fourth-order valence-corrected chi connectivity index (χ4v) is 4.45. The molecule has 0 saturated carbocycles. The Morgan fingerprint density at radius 3 is 2.54 bits per heavy atom. The highest BCUT2D eigenvalue weighted by atomic mass is 16.5. The molecule has 0 atom stereocenters. The SMILES string of the molecule is COc1cc(N2CCNCC2)ccc1Nc1nc(Nc2c(C)cccc2C)cc2cn[nH]c(=O)c12. The van der Waals surface area contributed by atoms with Crippen LogP contribution in [-0.2, 0) is 0 Å². The van der Waals surface area contributed by atoms with E-state index in [9.17, 15) is 4.79 Å². The summed E-state index contributed by atoms with van der Waals surface area (Å²) in [5.41, 5.74) is 4.71. The number of pyridine rings is 1. The minimum atomic E-state index is -0.312. The van der Waals surface area contributed by atoms with Crippen LogP contribution in [0.5, 0.6) is 5.75 Å². The Morgan fingerprint density at radius 1 is 1.03 bits per heavy atom. The van der Waals surface area contributed by atoms with Gasteiger partial charge in [-0.2, -0.15) is 5.10 Å². The summed E-state index contributed by atoms with van der Waals surface area (Å²) in [5, 5.41) is 17.7. The number of para-hydroxylation sites is 1. The first-order chi connectivity index (χ1) is 17.0. The minimum Gasteiger partial charge on any atom is -0.494 e. The fourth-order valence-electron chi connectivity index (χ4n) is 4.45. The van der Waals surface area contributed by atoms with Crippen LogP contribution in [0, 0.1) is 13.8 Å². The molecule has 180 valence electrons. The van der Waals surface area contributed by atoms with E-state index in [1.54, 1.807) is 13.3 Å². The second kappa shape index (κ2) is 9.63. The molecule has 2 aromatic heterocycles. The number of hydrogen-bond acceptors (Lipinski definition) is 8. The van der Waals surface area contributed by atoms with Gasteiger partial charge in [0.15, 0.2) is 0 Å². The Morgan fingerprint density at radius 2 is 1.80 bits per heavy atom. The number of nitrogens with one attached hydrogen (secondary N) is 4. The van der Waals surface area contributed by atoms with Crippen LogP contribution in [0.15, 0.2) is 53.5 Å². The first-order valence-corrected chi connectivity index (χ1v) is 11.7. The molecule has 1 aliphatic heterocycles. The molecule has 0 aliphatic carbocycles. The number of fused-ring (bicyclic) bond motifs is 1. The van der Waals surface area contributed by atoms with Gasteiger partial charge in [-0.15, -0.1) is 0 Å². The Balaban J connectivity index is 1.55. The van der Waals surface area contributed by atoms with Gasteiger partial charge in [0.2, 0.25) is 0 Å². The number of ether oxygens (including phenoxy) is 1. The molecule has 35 heavy (non-hydrogen) atoms. The predicted molar refractivity (Wildman–Crippen MR) is 141 cm³/mol. The van der Waals surface area contributed by atoms with Crippen LogP contribution in [0.25, 0.3) is 10.8 Å². The van der Waals surface area contributed by atoms with Crippen molar-refractivity contribution in [1.82, 2.24) is 20.5 Å². The lowest BCUT2D eigenvalue weighted by molar-refractivity contribution is 0.416. The Kier molecular flexibility index (Phi) is 6.24. The van der Waals surface area contributed by atoms with Gasteiger partial charge in [0.05, 0.1) is 24.4 Å². The van der Waals surface area contributed by atoms with E-state index in [0.29, 0.717) is 28.2 Å². The number of benzene rings is 2.